The van der Waals surface area contributed by atoms with E-state index in [-0.39, 0.29) is 6.10 Å². The van der Waals surface area contributed by atoms with Gasteiger partial charge < -0.3 is 10.4 Å². The molecule has 2 heterocycles. The van der Waals surface area contributed by atoms with E-state index in [0.717, 1.165) is 32.6 Å². The van der Waals surface area contributed by atoms with Gasteiger partial charge in [-0.15, -0.1) is 11.3 Å². The van der Waals surface area contributed by atoms with Crippen LogP contribution in [0.3, 0.4) is 0 Å². The monoisotopic (exact) mass is 303 g/mol. The molecule has 0 radical (unpaired) electrons. The summed E-state index contributed by atoms with van der Waals surface area (Å²) in [5.74, 6) is 0. The zero-order valence-corrected chi connectivity index (χ0v) is 12.8. The van der Waals surface area contributed by atoms with E-state index in [1.807, 2.05) is 17.8 Å². The van der Waals surface area contributed by atoms with E-state index >= 15 is 0 Å². The summed E-state index contributed by atoms with van der Waals surface area (Å²) in [4.78, 5) is 7.71. The third-order valence-electron chi connectivity index (χ3n) is 3.90. The second-order valence-corrected chi connectivity index (χ2v) is 6.53. The van der Waals surface area contributed by atoms with Gasteiger partial charge in [-0.3, -0.25) is 9.88 Å². The van der Waals surface area contributed by atoms with E-state index in [4.69, 9.17) is 0 Å². The molecule has 0 spiro atoms. The number of hydrogen-bond donors (Lipinski definition) is 2. The van der Waals surface area contributed by atoms with Gasteiger partial charge in [0.25, 0.3) is 0 Å². The Hall–Kier alpha value is -1.27. The Balaban J connectivity index is 1.52. The Bertz CT molecular complexity index is 532. The number of nitrogens with one attached hydrogen (secondary N) is 1. The molecule has 1 aromatic heterocycles. The van der Waals surface area contributed by atoms with Crippen LogP contribution >= 0.6 is 11.3 Å². The lowest BCUT2D eigenvalue weighted by Crippen LogP contribution is -2.37. The molecule has 1 aliphatic heterocycles. The minimum Gasteiger partial charge on any atom is -0.392 e. The fourth-order valence-electron chi connectivity index (χ4n) is 2.87. The maximum atomic E-state index is 9.95. The Morgan fingerprint density at radius 3 is 2.95 bits per heavy atom. The van der Waals surface area contributed by atoms with E-state index in [9.17, 15) is 5.11 Å². The van der Waals surface area contributed by atoms with Gasteiger partial charge in [0.2, 0.25) is 0 Å². The summed E-state index contributed by atoms with van der Waals surface area (Å²) in [5.41, 5.74) is 3.16. The van der Waals surface area contributed by atoms with Crippen LogP contribution < -0.4 is 5.32 Å². The summed E-state index contributed by atoms with van der Waals surface area (Å²) in [5, 5.41) is 13.4. The van der Waals surface area contributed by atoms with Crippen molar-refractivity contribution in [2.45, 2.75) is 31.7 Å². The third kappa shape index (κ3) is 4.11. The Morgan fingerprint density at radius 2 is 2.19 bits per heavy atom. The predicted molar refractivity (Wildman–Crippen MR) is 85.1 cm³/mol. The molecule has 0 saturated carbocycles. The molecule has 5 heteroatoms. The lowest BCUT2D eigenvalue weighted by molar-refractivity contribution is 0.172. The molecule has 2 unspecified atom stereocenters. The molecule has 2 atom stereocenters. The summed E-state index contributed by atoms with van der Waals surface area (Å²) in [7, 11) is 0. The highest BCUT2D eigenvalue weighted by atomic mass is 32.1. The van der Waals surface area contributed by atoms with Gasteiger partial charge in [-0.05, 0) is 12.0 Å². The highest BCUT2D eigenvalue weighted by Crippen LogP contribution is 2.20. The van der Waals surface area contributed by atoms with Gasteiger partial charge in [0.1, 0.15) is 0 Å². The smallest absolute Gasteiger partial charge is 0.0794 e. The first-order chi connectivity index (χ1) is 10.3. The Labute approximate surface area is 129 Å². The van der Waals surface area contributed by atoms with Crippen molar-refractivity contribution in [1.29, 1.82) is 0 Å². The molecule has 21 heavy (non-hydrogen) atoms. The third-order valence-corrected chi connectivity index (χ3v) is 4.68. The van der Waals surface area contributed by atoms with Crippen molar-refractivity contribution in [3.05, 3.63) is 52.5 Å². The highest BCUT2D eigenvalue weighted by Gasteiger charge is 2.30. The van der Waals surface area contributed by atoms with Gasteiger partial charge in [-0.2, -0.15) is 0 Å². The van der Waals surface area contributed by atoms with E-state index in [1.54, 1.807) is 11.3 Å². The molecule has 1 saturated heterocycles. The standard InChI is InChI=1S/C16H21N3OS/c20-15-6-14(7-17-8-16-9-18-12-21-16)19(11-15)10-13-4-2-1-3-5-13/h1-5,9,12,14-15,17,20H,6-8,10-11H2. The van der Waals surface area contributed by atoms with Crippen LogP contribution in [-0.4, -0.2) is 40.2 Å². The van der Waals surface area contributed by atoms with E-state index in [2.05, 4.69) is 39.5 Å². The first-order valence-corrected chi connectivity index (χ1v) is 8.23. The second-order valence-electron chi connectivity index (χ2n) is 5.56. The molecule has 0 amide bonds. The van der Waals surface area contributed by atoms with Crippen LogP contribution in [0.1, 0.15) is 16.9 Å². The SMILES string of the molecule is OC1CC(CNCc2cncs2)N(Cc2ccccc2)C1. The van der Waals surface area contributed by atoms with E-state index < -0.39 is 0 Å². The molecule has 0 aliphatic carbocycles. The number of aliphatic hydroxyl groups is 1. The molecule has 1 aromatic carbocycles. The van der Waals surface area contributed by atoms with Crippen molar-refractivity contribution >= 4 is 11.3 Å². The zero-order valence-electron chi connectivity index (χ0n) is 12.0. The molecule has 2 aromatic rings. The summed E-state index contributed by atoms with van der Waals surface area (Å²) >= 11 is 1.67. The highest BCUT2D eigenvalue weighted by molar-refractivity contribution is 7.09. The van der Waals surface area contributed by atoms with Crippen molar-refractivity contribution in [2.24, 2.45) is 0 Å². The van der Waals surface area contributed by atoms with Gasteiger partial charge in [-0.1, -0.05) is 30.3 Å². The molecule has 3 rings (SSSR count). The lowest BCUT2D eigenvalue weighted by Gasteiger charge is -2.24. The van der Waals surface area contributed by atoms with Crippen molar-refractivity contribution < 1.29 is 5.11 Å². The molecule has 4 nitrogen and oxygen atoms in total. The lowest BCUT2D eigenvalue weighted by atomic mass is 10.1. The summed E-state index contributed by atoms with van der Waals surface area (Å²) in [6, 6.07) is 10.9. The number of hydrogen-bond acceptors (Lipinski definition) is 5. The fourth-order valence-corrected chi connectivity index (χ4v) is 3.44. The van der Waals surface area contributed by atoms with Crippen LogP contribution in [-0.2, 0) is 13.1 Å². The minimum absolute atomic E-state index is 0.205. The zero-order chi connectivity index (χ0) is 14.5. The minimum atomic E-state index is -0.205. The van der Waals surface area contributed by atoms with E-state index in [0.29, 0.717) is 6.04 Å². The molecule has 0 bridgehead atoms. The van der Waals surface area contributed by atoms with Crippen molar-refractivity contribution in [3.63, 3.8) is 0 Å². The number of β-amino-alcohol motifs (C(OH)–C–C–N with tert-alkyl or cyclic N) is 1. The number of rotatable bonds is 6. The van der Waals surface area contributed by atoms with E-state index in [1.165, 1.54) is 10.4 Å². The topological polar surface area (TPSA) is 48.4 Å². The van der Waals surface area contributed by atoms with Crippen LogP contribution in [0.5, 0.6) is 0 Å². The van der Waals surface area contributed by atoms with Crippen molar-refractivity contribution in [1.82, 2.24) is 15.2 Å². The Morgan fingerprint density at radius 1 is 1.33 bits per heavy atom. The molecular weight excluding hydrogens is 282 g/mol. The van der Waals surface area contributed by atoms with Crippen LogP contribution in [0.4, 0.5) is 0 Å². The molecule has 112 valence electrons. The van der Waals surface area contributed by atoms with Crippen LogP contribution in [0.2, 0.25) is 0 Å². The maximum absolute atomic E-state index is 9.95. The summed E-state index contributed by atoms with van der Waals surface area (Å²) in [6.07, 6.45) is 2.55. The number of likely N-dealkylation sites (tertiary alicyclic amines) is 1. The van der Waals surface area contributed by atoms with Crippen molar-refractivity contribution in [2.75, 3.05) is 13.1 Å². The molecular formula is C16H21N3OS. The van der Waals surface area contributed by atoms with Crippen LogP contribution in [0, 0.1) is 0 Å². The molecule has 1 fully saturated rings. The largest absolute Gasteiger partial charge is 0.392 e. The van der Waals surface area contributed by atoms with Gasteiger partial charge >= 0.3 is 0 Å². The first kappa shape index (κ1) is 14.7. The normalized spacial score (nSPS) is 22.7. The van der Waals surface area contributed by atoms with Gasteiger partial charge in [0.15, 0.2) is 0 Å². The number of aromatic nitrogens is 1. The fraction of sp³-hybridized carbons (Fsp3) is 0.438. The van der Waals surface area contributed by atoms with Crippen LogP contribution in [0.25, 0.3) is 0 Å². The second kappa shape index (κ2) is 7.13. The quantitative estimate of drug-likeness (QED) is 0.855. The summed E-state index contributed by atoms with van der Waals surface area (Å²) in [6.45, 7) is 3.44. The summed E-state index contributed by atoms with van der Waals surface area (Å²) < 4.78 is 0. The molecule has 1 aliphatic rings. The predicted octanol–water partition coefficient (Wildman–Crippen LogP) is 1.87. The van der Waals surface area contributed by atoms with Crippen LogP contribution in [0.15, 0.2) is 42.0 Å². The number of nitrogens with zero attached hydrogens (tertiary/aromatic N) is 2. The molecule has 2 N–H and O–H groups in total. The average Bonchev–Trinajstić information content (AvgIpc) is 3.11. The number of aliphatic hydroxyl groups excluding tert-OH is 1. The average molecular weight is 303 g/mol. The maximum Gasteiger partial charge on any atom is 0.0794 e. The van der Waals surface area contributed by atoms with Crippen molar-refractivity contribution in [3.8, 4) is 0 Å². The number of benzene rings is 1. The Kier molecular flexibility index (Phi) is 4.98. The van der Waals surface area contributed by atoms with Gasteiger partial charge in [-0.25, -0.2) is 0 Å². The van der Waals surface area contributed by atoms with Gasteiger partial charge in [0, 0.05) is 43.3 Å². The number of thiazole rings is 1. The first-order valence-electron chi connectivity index (χ1n) is 7.35. The van der Waals surface area contributed by atoms with Gasteiger partial charge in [0.05, 0.1) is 11.6 Å².